The van der Waals surface area contributed by atoms with Crippen molar-refractivity contribution in [1.29, 1.82) is 5.39 Å². The highest BCUT2D eigenvalue weighted by atomic mass is 15.3. The van der Waals surface area contributed by atoms with Crippen LogP contribution in [-0.2, 0) is 0 Å². The van der Waals surface area contributed by atoms with E-state index in [-0.39, 0.29) is 11.4 Å². The van der Waals surface area contributed by atoms with Gasteiger partial charge in [-0.3, -0.25) is 5.22 Å². The Morgan fingerprint density at radius 3 is 2.60 bits per heavy atom. The first-order valence-electron chi connectivity index (χ1n) is 5.55. The van der Waals surface area contributed by atoms with E-state index >= 15 is 0 Å². The van der Waals surface area contributed by atoms with Gasteiger partial charge in [0.25, 0.3) is 5.39 Å². The maximum atomic E-state index is 8.57. The number of diazo groups is 1. The summed E-state index contributed by atoms with van der Waals surface area (Å²) in [5, 5.41) is 29.0. The van der Waals surface area contributed by atoms with Gasteiger partial charge in [-0.25, -0.2) is 0 Å². The minimum absolute atomic E-state index is 0.146. The quantitative estimate of drug-likeness (QED) is 0.351. The molecule has 8 nitrogen and oxygen atoms in total. The van der Waals surface area contributed by atoms with Gasteiger partial charge in [-0.2, -0.15) is 5.11 Å². The molecule has 0 fully saturated rings. The van der Waals surface area contributed by atoms with E-state index in [1.54, 1.807) is 24.3 Å². The standard InChI is InChI=1S/C12H8N8/c13-19-17-11-8-4-7-10(12(11)18-20-14)16-15-9-5-2-1-3-6-9/h1-8H. The molecular weight excluding hydrogens is 256 g/mol. The van der Waals surface area contributed by atoms with E-state index in [1.807, 2.05) is 18.2 Å². The van der Waals surface area contributed by atoms with Crippen molar-refractivity contribution in [3.8, 4) is 0 Å². The monoisotopic (exact) mass is 264 g/mol. The fraction of sp³-hybridized carbons (Fsp3) is 0. The van der Waals surface area contributed by atoms with Crippen LogP contribution in [0, 0.1) is 5.39 Å². The van der Waals surface area contributed by atoms with Crippen molar-refractivity contribution >= 4 is 17.1 Å². The van der Waals surface area contributed by atoms with Crippen molar-refractivity contribution in [2.75, 3.05) is 0 Å². The van der Waals surface area contributed by atoms with Crippen LogP contribution in [0.25, 0.3) is 10.6 Å². The zero-order chi connectivity index (χ0) is 14.2. The summed E-state index contributed by atoms with van der Waals surface area (Å²) in [6, 6.07) is 9.10. The highest BCUT2D eigenvalue weighted by Gasteiger charge is 2.17. The van der Waals surface area contributed by atoms with Crippen LogP contribution in [0.5, 0.6) is 0 Å². The average molecular weight is 264 g/mol. The largest absolute Gasteiger partial charge is 0.362 e. The third-order valence-corrected chi connectivity index (χ3v) is 2.32. The molecule has 0 amide bonds. The zero-order valence-corrected chi connectivity index (χ0v) is 10.2. The summed E-state index contributed by atoms with van der Waals surface area (Å²) >= 11 is 0. The molecule has 8 heteroatoms. The van der Waals surface area contributed by atoms with E-state index in [1.165, 1.54) is 6.08 Å². The first-order chi connectivity index (χ1) is 9.85. The van der Waals surface area contributed by atoms with Gasteiger partial charge < -0.3 is 10.6 Å². The Hall–Kier alpha value is -3.34. The molecule has 0 unspecified atom stereocenters. The lowest BCUT2D eigenvalue weighted by Gasteiger charge is -2.07. The van der Waals surface area contributed by atoms with Gasteiger partial charge >= 0.3 is 5.08 Å². The Balaban J connectivity index is 2.33. The summed E-state index contributed by atoms with van der Waals surface area (Å²) in [4.78, 5) is 0. The summed E-state index contributed by atoms with van der Waals surface area (Å²) in [6.07, 6.45) is 4.79. The predicted octanol–water partition coefficient (Wildman–Crippen LogP) is 3.81. The topological polar surface area (TPSA) is 112 Å². The van der Waals surface area contributed by atoms with Gasteiger partial charge in [0.15, 0.2) is 10.8 Å². The van der Waals surface area contributed by atoms with Crippen LogP contribution in [0.3, 0.4) is 0 Å². The normalized spacial score (nSPS) is 18.2. The Bertz CT molecular complexity index is 688. The van der Waals surface area contributed by atoms with Crippen LogP contribution in [-0.4, -0.2) is 11.4 Å². The predicted molar refractivity (Wildman–Crippen MR) is 73.9 cm³/mol. The zero-order valence-electron chi connectivity index (χ0n) is 10.2. The van der Waals surface area contributed by atoms with Gasteiger partial charge in [0.1, 0.15) is 5.70 Å². The molecule has 0 saturated heterocycles. The molecule has 0 radical (unpaired) electrons. The first-order valence-corrected chi connectivity index (χ1v) is 5.55. The fourth-order valence-corrected chi connectivity index (χ4v) is 1.48. The van der Waals surface area contributed by atoms with Crippen LogP contribution >= 0.6 is 0 Å². The number of azo groups is 1. The number of nitrogens with zero attached hydrogens (tertiary/aromatic N) is 8. The Morgan fingerprint density at radius 2 is 1.90 bits per heavy atom. The molecule has 96 valence electrons. The van der Waals surface area contributed by atoms with Crippen LogP contribution in [0.4, 0.5) is 5.69 Å². The van der Waals surface area contributed by atoms with Gasteiger partial charge in [0.2, 0.25) is 0 Å². The molecule has 1 aliphatic carbocycles. The lowest BCUT2D eigenvalue weighted by atomic mass is 10.1. The highest BCUT2D eigenvalue weighted by Crippen LogP contribution is 2.16. The number of rotatable bonds is 3. The average Bonchev–Trinajstić information content (AvgIpc) is 2.49. The molecule has 1 aromatic rings. The van der Waals surface area contributed by atoms with Gasteiger partial charge in [-0.1, -0.05) is 30.4 Å². The van der Waals surface area contributed by atoms with Gasteiger partial charge in [-0.05, 0) is 18.2 Å². The minimum Gasteiger partial charge on any atom is -0.362 e. The Labute approximate surface area is 114 Å². The van der Waals surface area contributed by atoms with E-state index in [9.17, 15) is 0 Å². The smallest absolute Gasteiger partial charge is 0.339 e. The second-order valence-electron chi connectivity index (χ2n) is 3.56. The molecule has 20 heavy (non-hydrogen) atoms. The van der Waals surface area contributed by atoms with E-state index in [2.05, 4.69) is 30.7 Å². The number of hydrogen-bond acceptors (Lipinski definition) is 5. The lowest BCUT2D eigenvalue weighted by Crippen LogP contribution is -2.15. The third-order valence-electron chi connectivity index (χ3n) is 2.32. The maximum Gasteiger partial charge on any atom is 0.339 e. The molecule has 0 aliphatic heterocycles. The lowest BCUT2D eigenvalue weighted by molar-refractivity contribution is 1.17. The molecule has 0 N–H and O–H groups in total. The molecule has 0 aromatic heterocycles. The molecule has 2 rings (SSSR count). The van der Waals surface area contributed by atoms with Crippen LogP contribution in [0.2, 0.25) is 0 Å². The van der Waals surface area contributed by atoms with Crippen molar-refractivity contribution in [3.05, 3.63) is 64.9 Å². The van der Waals surface area contributed by atoms with Crippen LogP contribution < -0.4 is 0 Å². The Morgan fingerprint density at radius 1 is 1.10 bits per heavy atom. The molecule has 1 aromatic carbocycles. The van der Waals surface area contributed by atoms with Crippen LogP contribution in [0.1, 0.15) is 0 Å². The van der Waals surface area contributed by atoms with E-state index in [0.29, 0.717) is 11.4 Å². The number of benzene rings is 1. The van der Waals surface area contributed by atoms with Gasteiger partial charge in [0.05, 0.1) is 5.69 Å². The van der Waals surface area contributed by atoms with E-state index < -0.39 is 0 Å². The van der Waals surface area contributed by atoms with Crippen LogP contribution in [0.15, 0.2) is 79.9 Å². The van der Waals surface area contributed by atoms with Crippen molar-refractivity contribution in [2.45, 2.75) is 0 Å². The molecule has 0 atom stereocenters. The summed E-state index contributed by atoms with van der Waals surface area (Å²) in [5.41, 5.74) is 9.82. The molecule has 0 saturated carbocycles. The molecule has 1 aliphatic rings. The van der Waals surface area contributed by atoms with E-state index in [4.69, 9.17) is 10.9 Å². The second-order valence-corrected chi connectivity index (χ2v) is 3.56. The van der Waals surface area contributed by atoms with Crippen molar-refractivity contribution in [2.24, 2.45) is 25.7 Å². The SMILES string of the molecule is N#[N+]N=C1C(N=Nc2ccccc2)=CC=CC1=NN=[N-]. The molecule has 0 bridgehead atoms. The van der Waals surface area contributed by atoms with Gasteiger partial charge in [-0.15, -0.1) is 5.11 Å². The second kappa shape index (κ2) is 6.55. The first kappa shape index (κ1) is 13.1. The Kier molecular flexibility index (Phi) is 4.29. The summed E-state index contributed by atoms with van der Waals surface area (Å²) in [6.45, 7) is 0. The highest BCUT2D eigenvalue weighted by molar-refractivity contribution is 6.52. The molecule has 0 heterocycles. The van der Waals surface area contributed by atoms with Crippen molar-refractivity contribution in [1.82, 2.24) is 0 Å². The number of allylic oxidation sites excluding steroid dienone is 4. The van der Waals surface area contributed by atoms with E-state index in [0.717, 1.165) is 0 Å². The van der Waals surface area contributed by atoms with Gasteiger partial charge in [0, 0.05) is 5.71 Å². The molecular formula is C12H8N8. The minimum atomic E-state index is 0.146. The summed E-state index contributed by atoms with van der Waals surface area (Å²) in [5.74, 6) is 0. The van der Waals surface area contributed by atoms with Crippen molar-refractivity contribution < 1.29 is 0 Å². The third kappa shape index (κ3) is 3.11. The fourth-order valence-electron chi connectivity index (χ4n) is 1.48. The number of hydrogen-bond donors (Lipinski definition) is 0. The van der Waals surface area contributed by atoms with Crippen molar-refractivity contribution in [3.63, 3.8) is 0 Å². The summed E-state index contributed by atoms with van der Waals surface area (Å²) in [7, 11) is 0. The maximum absolute atomic E-state index is 8.57. The molecule has 0 spiro atoms. The summed E-state index contributed by atoms with van der Waals surface area (Å²) < 4.78 is 0.